The Labute approximate surface area is 67.5 Å². The van der Waals surface area contributed by atoms with Crippen LogP contribution in [0.1, 0.15) is 13.8 Å². The molecule has 0 aliphatic heterocycles. The third-order valence-corrected chi connectivity index (χ3v) is 2.27. The van der Waals surface area contributed by atoms with Crippen LogP contribution in [0, 0.1) is 0 Å². The van der Waals surface area contributed by atoms with Gasteiger partial charge in [-0.25, -0.2) is 0 Å². The van der Waals surface area contributed by atoms with Gasteiger partial charge in [0.2, 0.25) is 0 Å². The minimum absolute atomic E-state index is 0.393. The number of likely N-dealkylation sites (N-methyl/N-ethyl adjacent to an activating group) is 1. The molecule has 10 heavy (non-hydrogen) atoms. The fraction of sp³-hybridized carbons (Fsp3) is 0.750. The Bertz CT molecular complexity index is 122. The highest BCUT2D eigenvalue weighted by Crippen LogP contribution is 2.27. The van der Waals surface area contributed by atoms with Crippen molar-refractivity contribution in [2.75, 3.05) is 20.6 Å². The molecule has 0 fully saturated rings. The van der Waals surface area contributed by atoms with E-state index < -0.39 is 0 Å². The molecule has 0 aliphatic rings. The van der Waals surface area contributed by atoms with E-state index >= 15 is 0 Å². The van der Waals surface area contributed by atoms with Gasteiger partial charge in [-0.05, 0) is 19.1 Å². The molecule has 60 valence electrons. The van der Waals surface area contributed by atoms with E-state index in [4.69, 9.17) is 0 Å². The number of rotatable bonds is 3. The molecule has 0 unspecified atom stereocenters. The van der Waals surface area contributed by atoms with Crippen molar-refractivity contribution in [1.29, 1.82) is 0 Å². The van der Waals surface area contributed by atoms with Gasteiger partial charge in [0.05, 0.1) is 0 Å². The van der Waals surface area contributed by atoms with Crippen LogP contribution in [0.5, 0.6) is 0 Å². The maximum absolute atomic E-state index is 4.06. The molecule has 0 spiro atoms. The molecule has 0 aromatic heterocycles. The Morgan fingerprint density at radius 3 is 2.00 bits per heavy atom. The number of nitrogens with zero attached hydrogens (tertiary/aromatic N) is 1. The van der Waals surface area contributed by atoms with Gasteiger partial charge in [-0.3, -0.25) is 0 Å². The van der Waals surface area contributed by atoms with Crippen LogP contribution in [0.3, 0.4) is 0 Å². The van der Waals surface area contributed by atoms with Crippen LogP contribution in [-0.2, 0) is 0 Å². The maximum atomic E-state index is 4.06. The summed E-state index contributed by atoms with van der Waals surface area (Å²) in [7, 11) is 5.35. The predicted octanol–water partition coefficient (Wildman–Crippen LogP) is 0.668. The summed E-state index contributed by atoms with van der Waals surface area (Å²) in [5, 5.41) is 0.393. The first kappa shape index (κ1) is 9.92. The summed E-state index contributed by atoms with van der Waals surface area (Å²) in [6, 6.07) is 0. The normalized spacial score (nSPS) is 12.5. The summed E-state index contributed by atoms with van der Waals surface area (Å²) >= 11 is 0. The first-order valence-corrected chi connectivity index (χ1v) is 4.67. The molecule has 0 aliphatic carbocycles. The van der Waals surface area contributed by atoms with Crippen molar-refractivity contribution < 1.29 is 0 Å². The van der Waals surface area contributed by atoms with E-state index in [0.29, 0.717) is 5.04 Å². The van der Waals surface area contributed by atoms with Crippen LogP contribution < -0.4 is 0 Å². The Hall–Kier alpha value is -0.0831. The molecule has 0 amide bonds. The Balaban J connectivity index is 3.87. The summed E-state index contributed by atoms with van der Waals surface area (Å²) < 4.78 is 0. The van der Waals surface area contributed by atoms with Gasteiger partial charge in [0.25, 0.3) is 0 Å². The largest absolute Gasteiger partial charge is 0.305 e. The zero-order valence-corrected chi connectivity index (χ0v) is 9.86. The van der Waals surface area contributed by atoms with Gasteiger partial charge in [0, 0.05) is 16.8 Å². The van der Waals surface area contributed by atoms with Gasteiger partial charge >= 0.3 is 0 Å². The van der Waals surface area contributed by atoms with Crippen LogP contribution in [0.4, 0.5) is 0 Å². The molecule has 2 heteroatoms. The van der Waals surface area contributed by atoms with Crippen LogP contribution in [0.2, 0.25) is 5.04 Å². The van der Waals surface area contributed by atoms with Crippen molar-refractivity contribution in [3.05, 3.63) is 12.2 Å². The molecule has 0 N–H and O–H groups in total. The quantitative estimate of drug-likeness (QED) is 0.430. The summed E-state index contributed by atoms with van der Waals surface area (Å²) in [4.78, 5) is 2.17. The van der Waals surface area contributed by atoms with E-state index in [1.54, 1.807) is 0 Å². The van der Waals surface area contributed by atoms with Crippen LogP contribution >= 0.6 is 0 Å². The lowest BCUT2D eigenvalue weighted by Crippen LogP contribution is -2.20. The van der Waals surface area contributed by atoms with E-state index in [0.717, 1.165) is 6.54 Å². The number of hydrogen-bond acceptors (Lipinski definition) is 1. The first-order chi connectivity index (χ1) is 4.34. The van der Waals surface area contributed by atoms with E-state index in [1.807, 2.05) is 0 Å². The van der Waals surface area contributed by atoms with Crippen molar-refractivity contribution in [2.45, 2.75) is 18.9 Å². The fourth-order valence-corrected chi connectivity index (χ4v) is 0.777. The predicted molar refractivity (Wildman–Crippen MR) is 51.7 cm³/mol. The molecule has 0 radical (unpaired) electrons. The highest BCUT2D eigenvalue weighted by Gasteiger charge is 2.14. The molecular weight excluding hydrogens is 138 g/mol. The first-order valence-electron chi connectivity index (χ1n) is 3.67. The van der Waals surface area contributed by atoms with Gasteiger partial charge in [0.1, 0.15) is 0 Å². The van der Waals surface area contributed by atoms with Gasteiger partial charge in [-0.15, -0.1) is 0 Å². The summed E-state index contributed by atoms with van der Waals surface area (Å²) in [5.41, 5.74) is 1.35. The highest BCUT2D eigenvalue weighted by atomic mass is 28.1. The van der Waals surface area contributed by atoms with Gasteiger partial charge in [-0.1, -0.05) is 26.0 Å². The van der Waals surface area contributed by atoms with E-state index in [9.17, 15) is 0 Å². The molecular formula is C8H19NSi. The molecule has 0 atom stereocenters. The van der Waals surface area contributed by atoms with Crippen LogP contribution in [-0.4, -0.2) is 35.8 Å². The zero-order chi connectivity index (χ0) is 8.36. The van der Waals surface area contributed by atoms with Crippen LogP contribution in [0.25, 0.3) is 0 Å². The van der Waals surface area contributed by atoms with Crippen molar-refractivity contribution in [3.8, 4) is 0 Å². The fourth-order valence-electron chi connectivity index (χ4n) is 0.619. The van der Waals surface area contributed by atoms with Gasteiger partial charge in [0.15, 0.2) is 0 Å². The SMILES string of the molecule is C=C(CN(C)C)C(C)(C)[SiH3]. The molecule has 0 aromatic carbocycles. The van der Waals surface area contributed by atoms with E-state index in [2.05, 4.69) is 39.4 Å². The summed E-state index contributed by atoms with van der Waals surface area (Å²) in [5.74, 6) is 0. The molecule has 0 heterocycles. The Morgan fingerprint density at radius 2 is 1.90 bits per heavy atom. The van der Waals surface area contributed by atoms with Crippen molar-refractivity contribution in [3.63, 3.8) is 0 Å². The molecule has 0 aromatic rings. The third-order valence-electron chi connectivity index (χ3n) is 1.57. The molecule has 0 saturated carbocycles. The molecule has 1 nitrogen and oxygen atoms in total. The highest BCUT2D eigenvalue weighted by molar-refractivity contribution is 6.16. The topological polar surface area (TPSA) is 3.24 Å². The average Bonchev–Trinajstić information content (AvgIpc) is 1.60. The molecule has 0 saturated heterocycles. The monoisotopic (exact) mass is 157 g/mol. The van der Waals surface area contributed by atoms with E-state index in [1.165, 1.54) is 15.8 Å². The third kappa shape index (κ3) is 3.85. The maximum Gasteiger partial charge on any atom is 0.0186 e. The van der Waals surface area contributed by atoms with Crippen molar-refractivity contribution in [2.24, 2.45) is 0 Å². The van der Waals surface area contributed by atoms with Gasteiger partial charge < -0.3 is 4.90 Å². The lowest BCUT2D eigenvalue weighted by molar-refractivity contribution is 0.431. The summed E-state index contributed by atoms with van der Waals surface area (Å²) in [6.45, 7) is 9.59. The van der Waals surface area contributed by atoms with E-state index in [-0.39, 0.29) is 0 Å². The standard InChI is InChI=1S/C8H19NSi/c1-7(6-9(4)5)8(2,3)10/h1,6H2,2-5,10H3. The lowest BCUT2D eigenvalue weighted by atomic mass is 10.0. The molecule has 0 bridgehead atoms. The Morgan fingerprint density at radius 1 is 1.50 bits per heavy atom. The summed E-state index contributed by atoms with van der Waals surface area (Å²) in [6.07, 6.45) is 0. The van der Waals surface area contributed by atoms with Crippen molar-refractivity contribution in [1.82, 2.24) is 4.90 Å². The smallest absolute Gasteiger partial charge is 0.0186 e. The number of hydrogen-bond donors (Lipinski definition) is 0. The zero-order valence-electron chi connectivity index (χ0n) is 7.86. The molecule has 0 rings (SSSR count). The van der Waals surface area contributed by atoms with Gasteiger partial charge in [-0.2, -0.15) is 0 Å². The second-order valence-corrected chi connectivity index (χ2v) is 6.59. The minimum atomic E-state index is 0.393. The second kappa shape index (κ2) is 3.35. The average molecular weight is 157 g/mol. The van der Waals surface area contributed by atoms with Crippen molar-refractivity contribution >= 4 is 10.2 Å². The second-order valence-electron chi connectivity index (χ2n) is 4.09. The minimum Gasteiger partial charge on any atom is -0.305 e. The Kier molecular flexibility index (Phi) is 3.32. The lowest BCUT2D eigenvalue weighted by Gasteiger charge is -2.24. The van der Waals surface area contributed by atoms with Crippen LogP contribution in [0.15, 0.2) is 12.2 Å².